The summed E-state index contributed by atoms with van der Waals surface area (Å²) in [5.74, 6) is 2.27. The monoisotopic (exact) mass is 434 g/mol. The van der Waals surface area contributed by atoms with Crippen LogP contribution in [0.3, 0.4) is 0 Å². The summed E-state index contributed by atoms with van der Waals surface area (Å²) in [6.45, 7) is 13.2. The Bertz CT molecular complexity index is 1080. The lowest BCUT2D eigenvalue weighted by Crippen LogP contribution is -2.52. The molecule has 2 aromatic heterocycles. The Hall–Kier alpha value is -2.96. The SMILES string of the molecule is CCCC(C)c1nc(N2CCN(C(=O)C(C)(C)C)CC2)c2cnn(-c3ccccc3)c2n1. The first-order chi connectivity index (χ1) is 15.3. The molecule has 0 N–H and O–H groups in total. The third kappa shape index (κ3) is 4.33. The van der Waals surface area contributed by atoms with Crippen LogP contribution in [0.5, 0.6) is 0 Å². The maximum absolute atomic E-state index is 12.7. The first-order valence-corrected chi connectivity index (χ1v) is 11.6. The maximum Gasteiger partial charge on any atom is 0.228 e. The Morgan fingerprint density at radius 2 is 1.75 bits per heavy atom. The van der Waals surface area contributed by atoms with Gasteiger partial charge in [0.05, 0.1) is 17.3 Å². The molecule has 32 heavy (non-hydrogen) atoms. The van der Waals surface area contributed by atoms with E-state index in [-0.39, 0.29) is 17.2 Å². The quantitative estimate of drug-likeness (QED) is 0.595. The van der Waals surface area contributed by atoms with Crippen molar-refractivity contribution in [3.05, 3.63) is 42.4 Å². The van der Waals surface area contributed by atoms with Crippen LogP contribution in [-0.4, -0.2) is 56.7 Å². The number of aromatic nitrogens is 4. The molecule has 3 heterocycles. The topological polar surface area (TPSA) is 67.2 Å². The van der Waals surface area contributed by atoms with Gasteiger partial charge >= 0.3 is 0 Å². The zero-order valence-electron chi connectivity index (χ0n) is 19.9. The smallest absolute Gasteiger partial charge is 0.228 e. The van der Waals surface area contributed by atoms with Crippen LogP contribution in [0.2, 0.25) is 0 Å². The van der Waals surface area contributed by atoms with Crippen molar-refractivity contribution >= 4 is 22.8 Å². The summed E-state index contributed by atoms with van der Waals surface area (Å²) >= 11 is 0. The van der Waals surface area contributed by atoms with Gasteiger partial charge in [-0.3, -0.25) is 4.79 Å². The first kappa shape index (κ1) is 22.2. The largest absolute Gasteiger partial charge is 0.352 e. The Labute approximate surface area is 190 Å². The number of piperazine rings is 1. The molecule has 1 unspecified atom stereocenters. The van der Waals surface area contributed by atoms with Gasteiger partial charge in [-0.15, -0.1) is 0 Å². The lowest BCUT2D eigenvalue weighted by molar-refractivity contribution is -0.139. The van der Waals surface area contributed by atoms with Crippen molar-refractivity contribution in [3.63, 3.8) is 0 Å². The Morgan fingerprint density at radius 3 is 2.38 bits per heavy atom. The number of carbonyl (C=O) groups is 1. The predicted octanol–water partition coefficient (Wildman–Crippen LogP) is 4.41. The van der Waals surface area contributed by atoms with Crippen molar-refractivity contribution in [2.24, 2.45) is 5.41 Å². The number of para-hydroxylation sites is 1. The lowest BCUT2D eigenvalue weighted by atomic mass is 9.94. The molecular weight excluding hydrogens is 400 g/mol. The summed E-state index contributed by atoms with van der Waals surface area (Å²) in [7, 11) is 0. The van der Waals surface area contributed by atoms with Gasteiger partial charge in [0.15, 0.2) is 5.65 Å². The number of hydrogen-bond acceptors (Lipinski definition) is 5. The average molecular weight is 435 g/mol. The van der Waals surface area contributed by atoms with Gasteiger partial charge in [-0.25, -0.2) is 14.6 Å². The Morgan fingerprint density at radius 1 is 1.06 bits per heavy atom. The summed E-state index contributed by atoms with van der Waals surface area (Å²) in [6, 6.07) is 10.1. The highest BCUT2D eigenvalue weighted by Gasteiger charge is 2.31. The molecule has 1 aliphatic rings. The second-order valence-corrected chi connectivity index (χ2v) is 9.75. The fraction of sp³-hybridized carbons (Fsp3) is 0.520. The highest BCUT2D eigenvalue weighted by molar-refractivity contribution is 5.88. The van der Waals surface area contributed by atoms with Crippen LogP contribution >= 0.6 is 0 Å². The highest BCUT2D eigenvalue weighted by atomic mass is 16.2. The summed E-state index contributed by atoms with van der Waals surface area (Å²) in [6.07, 6.45) is 4.00. The van der Waals surface area contributed by atoms with Crippen molar-refractivity contribution in [2.75, 3.05) is 31.1 Å². The van der Waals surface area contributed by atoms with E-state index in [1.54, 1.807) is 0 Å². The van der Waals surface area contributed by atoms with Crippen molar-refractivity contribution in [3.8, 4) is 5.69 Å². The van der Waals surface area contributed by atoms with Crippen LogP contribution in [0.4, 0.5) is 5.82 Å². The van der Waals surface area contributed by atoms with E-state index in [9.17, 15) is 4.79 Å². The van der Waals surface area contributed by atoms with Gasteiger partial charge in [0.1, 0.15) is 11.6 Å². The van der Waals surface area contributed by atoms with Gasteiger partial charge in [-0.05, 0) is 18.6 Å². The molecule has 3 aromatic rings. The van der Waals surface area contributed by atoms with Crippen LogP contribution in [-0.2, 0) is 4.79 Å². The standard InChI is InChI=1S/C25H34N6O/c1-6-10-18(2)21-27-22(29-13-15-30(16-14-29)24(32)25(3,4)5)20-17-26-31(23(20)28-21)19-11-8-7-9-12-19/h7-9,11-12,17-18H,6,10,13-16H2,1-5H3. The van der Waals surface area contributed by atoms with Crippen molar-refractivity contribution in [1.82, 2.24) is 24.6 Å². The first-order valence-electron chi connectivity index (χ1n) is 11.6. The molecule has 0 spiro atoms. The van der Waals surface area contributed by atoms with E-state index in [0.29, 0.717) is 13.1 Å². The van der Waals surface area contributed by atoms with Gasteiger partial charge < -0.3 is 9.80 Å². The molecule has 170 valence electrons. The molecule has 0 saturated carbocycles. The molecule has 0 radical (unpaired) electrons. The molecule has 0 aliphatic carbocycles. The van der Waals surface area contributed by atoms with Gasteiger partial charge in [-0.1, -0.05) is 59.2 Å². The number of anilines is 1. The fourth-order valence-electron chi connectivity index (χ4n) is 4.29. The molecule has 7 nitrogen and oxygen atoms in total. The third-order valence-electron chi connectivity index (χ3n) is 6.10. The molecule has 1 saturated heterocycles. The highest BCUT2D eigenvalue weighted by Crippen LogP contribution is 2.30. The van der Waals surface area contributed by atoms with Gasteiger partial charge in [0.2, 0.25) is 5.91 Å². The zero-order chi connectivity index (χ0) is 22.9. The van der Waals surface area contributed by atoms with Gasteiger partial charge in [0.25, 0.3) is 0 Å². The number of fused-ring (bicyclic) bond motifs is 1. The Kier molecular flexibility index (Phi) is 6.17. The van der Waals surface area contributed by atoms with E-state index < -0.39 is 0 Å². The second kappa shape index (κ2) is 8.88. The van der Waals surface area contributed by atoms with Crippen molar-refractivity contribution in [1.29, 1.82) is 0 Å². The van der Waals surface area contributed by atoms with Crippen LogP contribution < -0.4 is 4.90 Å². The number of hydrogen-bond donors (Lipinski definition) is 0. The number of nitrogens with zero attached hydrogens (tertiary/aromatic N) is 6. The summed E-state index contributed by atoms with van der Waals surface area (Å²) in [5.41, 5.74) is 1.47. The normalized spacial score (nSPS) is 15.9. The second-order valence-electron chi connectivity index (χ2n) is 9.75. The van der Waals surface area contributed by atoms with Crippen molar-refractivity contribution < 1.29 is 4.79 Å². The zero-order valence-corrected chi connectivity index (χ0v) is 19.9. The summed E-state index contributed by atoms with van der Waals surface area (Å²) in [4.78, 5) is 27.0. The molecule has 1 aliphatic heterocycles. The molecular formula is C25H34N6O. The fourth-order valence-corrected chi connectivity index (χ4v) is 4.29. The lowest BCUT2D eigenvalue weighted by Gasteiger charge is -2.38. The third-order valence-corrected chi connectivity index (χ3v) is 6.10. The number of carbonyl (C=O) groups excluding carboxylic acids is 1. The maximum atomic E-state index is 12.7. The number of amides is 1. The van der Waals surface area contributed by atoms with E-state index in [1.165, 1.54) is 0 Å². The van der Waals surface area contributed by atoms with Crippen LogP contribution in [0.15, 0.2) is 36.5 Å². The minimum absolute atomic E-state index is 0.208. The van der Waals surface area contributed by atoms with E-state index in [4.69, 9.17) is 9.97 Å². The summed E-state index contributed by atoms with van der Waals surface area (Å²) in [5, 5.41) is 5.62. The average Bonchev–Trinajstić information content (AvgIpc) is 3.22. The molecule has 1 aromatic carbocycles. The van der Waals surface area contributed by atoms with E-state index in [2.05, 4.69) is 23.8 Å². The van der Waals surface area contributed by atoms with Crippen LogP contribution in [0.25, 0.3) is 16.7 Å². The van der Waals surface area contributed by atoms with Crippen LogP contribution in [0, 0.1) is 5.41 Å². The minimum Gasteiger partial charge on any atom is -0.352 e. The molecule has 0 bridgehead atoms. The van der Waals surface area contributed by atoms with Gasteiger partial charge in [0, 0.05) is 37.5 Å². The van der Waals surface area contributed by atoms with Crippen molar-refractivity contribution in [2.45, 2.75) is 53.4 Å². The summed E-state index contributed by atoms with van der Waals surface area (Å²) < 4.78 is 1.90. The molecule has 1 atom stereocenters. The van der Waals surface area contributed by atoms with E-state index >= 15 is 0 Å². The minimum atomic E-state index is -0.357. The van der Waals surface area contributed by atoms with E-state index in [1.807, 2.05) is 66.9 Å². The molecule has 1 fully saturated rings. The number of benzene rings is 1. The Balaban J connectivity index is 1.71. The van der Waals surface area contributed by atoms with E-state index in [0.717, 1.165) is 54.3 Å². The predicted molar refractivity (Wildman–Crippen MR) is 128 cm³/mol. The molecule has 4 rings (SSSR count). The molecule has 1 amide bonds. The number of rotatable bonds is 5. The molecule has 7 heteroatoms. The van der Waals surface area contributed by atoms with Crippen LogP contribution in [0.1, 0.15) is 59.2 Å². The van der Waals surface area contributed by atoms with Gasteiger partial charge in [-0.2, -0.15) is 5.10 Å².